The first-order valence-electron chi connectivity index (χ1n) is 4.41. The number of nitrogens with two attached hydrogens (primary N) is 1. The third-order valence-electron chi connectivity index (χ3n) is 2.35. The Kier molecular flexibility index (Phi) is 3.23. The second-order valence-corrected chi connectivity index (χ2v) is 3.14. The predicted molar refractivity (Wildman–Crippen MR) is 50.9 cm³/mol. The summed E-state index contributed by atoms with van der Waals surface area (Å²) in [6, 6.07) is 4.31. The summed E-state index contributed by atoms with van der Waals surface area (Å²) in [5, 5.41) is 0. The maximum Gasteiger partial charge on any atom is 0.0270 e. The Morgan fingerprint density at radius 2 is 2.00 bits per heavy atom. The van der Waals surface area contributed by atoms with Gasteiger partial charge in [0.25, 0.3) is 0 Å². The lowest BCUT2D eigenvalue weighted by Crippen LogP contribution is -2.25. The fourth-order valence-corrected chi connectivity index (χ4v) is 1.27. The largest absolute Gasteiger partial charge is 0.327 e. The van der Waals surface area contributed by atoms with E-state index >= 15 is 0 Å². The van der Waals surface area contributed by atoms with Gasteiger partial charge in [-0.1, -0.05) is 13.8 Å². The molecule has 0 amide bonds. The molecule has 0 aliphatic carbocycles. The van der Waals surface area contributed by atoms with Gasteiger partial charge in [0.15, 0.2) is 0 Å². The van der Waals surface area contributed by atoms with Crippen LogP contribution in [0.4, 0.5) is 0 Å². The van der Waals surface area contributed by atoms with Crippen molar-refractivity contribution in [1.29, 1.82) is 0 Å². The molecule has 12 heavy (non-hydrogen) atoms. The third kappa shape index (κ3) is 2.05. The van der Waals surface area contributed by atoms with Crippen molar-refractivity contribution in [3.63, 3.8) is 0 Å². The molecule has 0 spiro atoms. The van der Waals surface area contributed by atoms with Crippen LogP contribution in [0.2, 0.25) is 0 Å². The van der Waals surface area contributed by atoms with Crippen molar-refractivity contribution in [2.75, 3.05) is 0 Å². The van der Waals surface area contributed by atoms with Gasteiger partial charge in [-0.3, -0.25) is 4.98 Å². The van der Waals surface area contributed by atoms with Crippen LogP contribution in [0.1, 0.15) is 31.7 Å². The van der Waals surface area contributed by atoms with Crippen LogP contribution in [0.15, 0.2) is 24.5 Å². The van der Waals surface area contributed by atoms with E-state index in [4.69, 9.17) is 5.73 Å². The van der Waals surface area contributed by atoms with E-state index in [-0.39, 0.29) is 6.04 Å². The van der Waals surface area contributed by atoms with Crippen LogP contribution in [0.25, 0.3) is 0 Å². The number of hydrogen-bond donors (Lipinski definition) is 1. The van der Waals surface area contributed by atoms with E-state index in [1.54, 1.807) is 0 Å². The lowest BCUT2D eigenvalue weighted by Gasteiger charge is -2.17. The zero-order valence-corrected chi connectivity index (χ0v) is 7.70. The summed E-state index contributed by atoms with van der Waals surface area (Å²) < 4.78 is 0. The van der Waals surface area contributed by atoms with Gasteiger partial charge in [-0.15, -0.1) is 0 Å². The Hall–Kier alpha value is -0.890. The van der Waals surface area contributed by atoms with Crippen molar-refractivity contribution >= 4 is 0 Å². The quantitative estimate of drug-likeness (QED) is 0.741. The van der Waals surface area contributed by atoms with Gasteiger partial charge in [-0.2, -0.15) is 0 Å². The van der Waals surface area contributed by atoms with Crippen molar-refractivity contribution in [2.45, 2.75) is 32.2 Å². The summed E-state index contributed by atoms with van der Waals surface area (Å²) in [7, 11) is 0. The van der Waals surface area contributed by atoms with Crippen LogP contribution in [0.3, 0.4) is 0 Å². The highest BCUT2D eigenvalue weighted by atomic mass is 14.6. The second kappa shape index (κ2) is 4.21. The van der Waals surface area contributed by atoms with Crippen LogP contribution < -0.4 is 5.73 Å². The monoisotopic (exact) mass is 164 g/mol. The first kappa shape index (κ1) is 9.20. The standard InChI is InChI=1S/C10H16N2/c1-3-10(11)8(2)9-4-6-12-7-5-9/h4-8,10H,3,11H2,1-2H3. The van der Waals surface area contributed by atoms with Gasteiger partial charge in [0.2, 0.25) is 0 Å². The molecule has 2 unspecified atom stereocenters. The number of pyridine rings is 1. The molecule has 0 saturated carbocycles. The Labute approximate surface area is 73.8 Å². The second-order valence-electron chi connectivity index (χ2n) is 3.14. The van der Waals surface area contributed by atoms with Gasteiger partial charge in [-0.25, -0.2) is 0 Å². The fraction of sp³-hybridized carbons (Fsp3) is 0.500. The molecule has 66 valence electrons. The summed E-state index contributed by atoms with van der Waals surface area (Å²) in [5.41, 5.74) is 7.21. The summed E-state index contributed by atoms with van der Waals surface area (Å²) in [6.45, 7) is 4.27. The van der Waals surface area contributed by atoms with Crippen molar-refractivity contribution in [3.8, 4) is 0 Å². The zero-order valence-electron chi connectivity index (χ0n) is 7.70. The Morgan fingerprint density at radius 1 is 1.42 bits per heavy atom. The SMILES string of the molecule is CCC(N)C(C)c1ccncc1. The minimum Gasteiger partial charge on any atom is -0.327 e. The highest BCUT2D eigenvalue weighted by Gasteiger charge is 2.11. The Morgan fingerprint density at radius 3 is 2.50 bits per heavy atom. The van der Waals surface area contributed by atoms with Gasteiger partial charge >= 0.3 is 0 Å². The molecular formula is C10H16N2. The van der Waals surface area contributed by atoms with Crippen molar-refractivity contribution < 1.29 is 0 Å². The van der Waals surface area contributed by atoms with E-state index in [0.717, 1.165) is 6.42 Å². The van der Waals surface area contributed by atoms with Crippen LogP contribution >= 0.6 is 0 Å². The Balaban J connectivity index is 2.71. The molecule has 0 fully saturated rings. The summed E-state index contributed by atoms with van der Waals surface area (Å²) >= 11 is 0. The van der Waals surface area contributed by atoms with Crippen LogP contribution in [-0.4, -0.2) is 11.0 Å². The minimum absolute atomic E-state index is 0.257. The van der Waals surface area contributed by atoms with Crippen LogP contribution in [0, 0.1) is 0 Å². The number of nitrogens with zero attached hydrogens (tertiary/aromatic N) is 1. The summed E-state index contributed by atoms with van der Waals surface area (Å²) in [6.07, 6.45) is 4.64. The summed E-state index contributed by atoms with van der Waals surface area (Å²) in [4.78, 5) is 3.97. The molecule has 0 saturated heterocycles. The smallest absolute Gasteiger partial charge is 0.0270 e. The minimum atomic E-state index is 0.257. The molecule has 2 N–H and O–H groups in total. The van der Waals surface area contributed by atoms with Gasteiger partial charge in [0.05, 0.1) is 0 Å². The molecule has 0 aromatic carbocycles. The molecule has 1 aromatic heterocycles. The summed E-state index contributed by atoms with van der Waals surface area (Å²) in [5.74, 6) is 0.429. The molecule has 2 nitrogen and oxygen atoms in total. The van der Waals surface area contributed by atoms with Gasteiger partial charge in [0.1, 0.15) is 0 Å². The number of rotatable bonds is 3. The van der Waals surface area contributed by atoms with Crippen LogP contribution in [0.5, 0.6) is 0 Å². The highest BCUT2D eigenvalue weighted by molar-refractivity contribution is 5.16. The maximum atomic E-state index is 5.93. The van der Waals surface area contributed by atoms with Gasteiger partial charge in [0, 0.05) is 18.4 Å². The zero-order chi connectivity index (χ0) is 8.97. The maximum absolute atomic E-state index is 5.93. The van der Waals surface area contributed by atoms with Gasteiger partial charge < -0.3 is 5.73 Å². The van der Waals surface area contributed by atoms with Gasteiger partial charge in [-0.05, 0) is 30.0 Å². The fourth-order valence-electron chi connectivity index (χ4n) is 1.27. The molecule has 0 bridgehead atoms. The van der Waals surface area contributed by atoms with E-state index in [2.05, 4.69) is 18.8 Å². The molecule has 2 atom stereocenters. The molecule has 1 heterocycles. The topological polar surface area (TPSA) is 38.9 Å². The average molecular weight is 164 g/mol. The van der Waals surface area contributed by atoms with E-state index in [1.807, 2.05) is 24.5 Å². The lowest BCUT2D eigenvalue weighted by molar-refractivity contribution is 0.551. The molecule has 1 aromatic rings. The molecule has 0 radical (unpaired) electrons. The molecule has 2 heteroatoms. The number of aromatic nitrogens is 1. The predicted octanol–water partition coefficient (Wildman–Crippen LogP) is 1.92. The van der Waals surface area contributed by atoms with E-state index in [0.29, 0.717) is 5.92 Å². The van der Waals surface area contributed by atoms with E-state index < -0.39 is 0 Å². The molecule has 1 rings (SSSR count). The van der Waals surface area contributed by atoms with Crippen molar-refractivity contribution in [3.05, 3.63) is 30.1 Å². The lowest BCUT2D eigenvalue weighted by atomic mass is 9.93. The van der Waals surface area contributed by atoms with Crippen molar-refractivity contribution in [2.24, 2.45) is 5.73 Å². The normalized spacial score (nSPS) is 15.6. The Bertz CT molecular complexity index is 221. The first-order chi connectivity index (χ1) is 5.75. The average Bonchev–Trinajstić information content (AvgIpc) is 2.17. The number of hydrogen-bond acceptors (Lipinski definition) is 2. The van der Waals surface area contributed by atoms with Crippen LogP contribution in [-0.2, 0) is 0 Å². The van der Waals surface area contributed by atoms with E-state index in [1.165, 1.54) is 5.56 Å². The van der Waals surface area contributed by atoms with E-state index in [9.17, 15) is 0 Å². The van der Waals surface area contributed by atoms with Crippen molar-refractivity contribution in [1.82, 2.24) is 4.98 Å². The first-order valence-corrected chi connectivity index (χ1v) is 4.41. The third-order valence-corrected chi connectivity index (χ3v) is 2.35. The molecular weight excluding hydrogens is 148 g/mol. The molecule has 0 aliphatic rings. The highest BCUT2D eigenvalue weighted by Crippen LogP contribution is 2.18. The molecule has 0 aliphatic heterocycles.